The number of hydrogen-bond acceptors (Lipinski definition) is 3. The fourth-order valence-electron chi connectivity index (χ4n) is 5.72. The second-order valence-corrected chi connectivity index (χ2v) is 11.2. The average molecular weight is 383 g/mol. The van der Waals surface area contributed by atoms with Gasteiger partial charge in [0, 0.05) is 30.3 Å². The summed E-state index contributed by atoms with van der Waals surface area (Å²) in [5, 5.41) is 4.81. The molecule has 0 radical (unpaired) electrons. The molecule has 1 saturated heterocycles. The first-order valence-electron chi connectivity index (χ1n) is 10.6. The van der Waals surface area contributed by atoms with E-state index >= 15 is 0 Å². The summed E-state index contributed by atoms with van der Waals surface area (Å²) in [6.07, 6.45) is 5.93. The standard InChI is InChI=1S/C23H34N4O/c1-8-17-16(12-24-19-9-18(21(2,3)4)25-27(17)19)20(28)26-14-23(7)11-15(26)10-22(5,6)13-23/h9,12,15H,8,10-11,13-14H2,1-7H3. The molecular weight excluding hydrogens is 348 g/mol. The largest absolute Gasteiger partial charge is 0.335 e. The van der Waals surface area contributed by atoms with Gasteiger partial charge in [-0.2, -0.15) is 5.10 Å². The van der Waals surface area contributed by atoms with E-state index in [2.05, 4.69) is 58.4 Å². The van der Waals surface area contributed by atoms with Crippen LogP contribution in [0.3, 0.4) is 0 Å². The van der Waals surface area contributed by atoms with Crippen LogP contribution in [0.5, 0.6) is 0 Å². The number of amides is 1. The monoisotopic (exact) mass is 382 g/mol. The van der Waals surface area contributed by atoms with E-state index in [-0.39, 0.29) is 16.7 Å². The number of hydrogen-bond donors (Lipinski definition) is 0. The predicted octanol–water partition coefficient (Wildman–Crippen LogP) is 4.63. The first-order chi connectivity index (χ1) is 12.9. The maximum atomic E-state index is 13.6. The second kappa shape index (κ2) is 6.04. The molecule has 5 nitrogen and oxygen atoms in total. The fourth-order valence-corrected chi connectivity index (χ4v) is 5.72. The smallest absolute Gasteiger partial charge is 0.257 e. The van der Waals surface area contributed by atoms with E-state index in [1.54, 1.807) is 6.20 Å². The maximum Gasteiger partial charge on any atom is 0.257 e. The van der Waals surface area contributed by atoms with Crippen LogP contribution in [0.4, 0.5) is 0 Å². The lowest BCUT2D eigenvalue weighted by atomic mass is 9.65. The Hall–Kier alpha value is -1.91. The van der Waals surface area contributed by atoms with Gasteiger partial charge >= 0.3 is 0 Å². The molecule has 2 aromatic rings. The minimum Gasteiger partial charge on any atom is -0.335 e. The van der Waals surface area contributed by atoms with E-state index in [1.807, 2.05) is 10.6 Å². The van der Waals surface area contributed by atoms with Crippen molar-refractivity contribution < 1.29 is 4.79 Å². The van der Waals surface area contributed by atoms with Crippen molar-refractivity contribution in [2.45, 2.75) is 85.6 Å². The number of rotatable bonds is 2. The highest BCUT2D eigenvalue weighted by Crippen LogP contribution is 2.52. The maximum absolute atomic E-state index is 13.6. The number of likely N-dealkylation sites (tertiary alicyclic amines) is 1. The Morgan fingerprint density at radius 2 is 1.96 bits per heavy atom. The quantitative estimate of drug-likeness (QED) is 0.761. The molecule has 28 heavy (non-hydrogen) atoms. The number of aryl methyl sites for hydroxylation is 1. The van der Waals surface area contributed by atoms with Crippen molar-refractivity contribution in [2.75, 3.05) is 6.54 Å². The van der Waals surface area contributed by atoms with Crippen molar-refractivity contribution in [3.63, 3.8) is 0 Å². The van der Waals surface area contributed by atoms with Crippen LogP contribution in [-0.4, -0.2) is 38.0 Å². The average Bonchev–Trinajstić information content (AvgIpc) is 3.10. The van der Waals surface area contributed by atoms with Gasteiger partial charge in [0.2, 0.25) is 0 Å². The molecule has 152 valence electrons. The summed E-state index contributed by atoms with van der Waals surface area (Å²) >= 11 is 0. The number of nitrogens with zero attached hydrogens (tertiary/aromatic N) is 4. The van der Waals surface area contributed by atoms with Crippen LogP contribution in [0, 0.1) is 10.8 Å². The lowest BCUT2D eigenvalue weighted by Gasteiger charge is -2.39. The van der Waals surface area contributed by atoms with E-state index in [0.29, 0.717) is 17.0 Å². The van der Waals surface area contributed by atoms with Crippen LogP contribution in [0.2, 0.25) is 0 Å². The Kier molecular flexibility index (Phi) is 4.19. The van der Waals surface area contributed by atoms with Gasteiger partial charge in [0.1, 0.15) is 0 Å². The molecule has 4 rings (SSSR count). The molecule has 2 unspecified atom stereocenters. The summed E-state index contributed by atoms with van der Waals surface area (Å²) in [6.45, 7) is 16.4. The third-order valence-electron chi connectivity index (χ3n) is 6.59. The van der Waals surface area contributed by atoms with Crippen molar-refractivity contribution in [2.24, 2.45) is 10.8 Å². The van der Waals surface area contributed by atoms with Crippen LogP contribution in [0.15, 0.2) is 12.3 Å². The highest BCUT2D eigenvalue weighted by molar-refractivity contribution is 5.95. The van der Waals surface area contributed by atoms with Crippen LogP contribution in [-0.2, 0) is 11.8 Å². The third kappa shape index (κ3) is 3.13. The molecule has 5 heteroatoms. The topological polar surface area (TPSA) is 50.5 Å². The minimum absolute atomic E-state index is 0.0465. The highest BCUT2D eigenvalue weighted by Gasteiger charge is 2.51. The third-order valence-corrected chi connectivity index (χ3v) is 6.59. The van der Waals surface area contributed by atoms with Crippen LogP contribution in [0.1, 0.15) is 89.5 Å². The molecule has 2 fully saturated rings. The van der Waals surface area contributed by atoms with Gasteiger partial charge in [-0.1, -0.05) is 48.5 Å². The van der Waals surface area contributed by atoms with Gasteiger partial charge in [-0.25, -0.2) is 9.50 Å². The molecule has 1 amide bonds. The summed E-state index contributed by atoms with van der Waals surface area (Å²) < 4.78 is 1.89. The fraction of sp³-hybridized carbons (Fsp3) is 0.696. The van der Waals surface area contributed by atoms with Crippen molar-refractivity contribution >= 4 is 11.6 Å². The van der Waals surface area contributed by atoms with Crippen LogP contribution in [0.25, 0.3) is 5.65 Å². The number of carbonyl (C=O) groups excluding carboxylic acids is 1. The van der Waals surface area contributed by atoms with E-state index in [1.165, 1.54) is 6.42 Å². The first kappa shape index (κ1) is 19.4. The molecule has 2 atom stereocenters. The van der Waals surface area contributed by atoms with Crippen molar-refractivity contribution in [1.29, 1.82) is 0 Å². The zero-order chi connectivity index (χ0) is 20.5. The summed E-state index contributed by atoms with van der Waals surface area (Å²) in [6, 6.07) is 2.38. The number of fused-ring (bicyclic) bond motifs is 3. The van der Waals surface area contributed by atoms with E-state index in [9.17, 15) is 4.79 Å². The molecule has 2 aromatic heterocycles. The van der Waals surface area contributed by atoms with Crippen LogP contribution < -0.4 is 0 Å². The Bertz CT molecular complexity index is 936. The molecule has 1 aliphatic carbocycles. The molecule has 0 aromatic carbocycles. The van der Waals surface area contributed by atoms with E-state index in [0.717, 1.165) is 42.8 Å². The Morgan fingerprint density at radius 1 is 1.25 bits per heavy atom. The van der Waals surface area contributed by atoms with Gasteiger partial charge in [-0.15, -0.1) is 0 Å². The molecule has 0 spiro atoms. The summed E-state index contributed by atoms with van der Waals surface area (Å²) in [7, 11) is 0. The van der Waals surface area contributed by atoms with E-state index in [4.69, 9.17) is 5.10 Å². The molecule has 2 bridgehead atoms. The van der Waals surface area contributed by atoms with Gasteiger partial charge in [0.15, 0.2) is 5.65 Å². The van der Waals surface area contributed by atoms with Crippen LogP contribution >= 0.6 is 0 Å². The van der Waals surface area contributed by atoms with Crippen molar-refractivity contribution in [3.05, 3.63) is 29.2 Å². The summed E-state index contributed by atoms with van der Waals surface area (Å²) in [4.78, 5) is 20.3. The van der Waals surface area contributed by atoms with Gasteiger partial charge in [-0.05, 0) is 36.5 Å². The van der Waals surface area contributed by atoms with Gasteiger partial charge in [-0.3, -0.25) is 4.79 Å². The van der Waals surface area contributed by atoms with Crippen molar-refractivity contribution in [1.82, 2.24) is 19.5 Å². The zero-order valence-electron chi connectivity index (χ0n) is 18.5. The molecule has 3 heterocycles. The number of carbonyl (C=O) groups is 1. The molecule has 1 aliphatic heterocycles. The first-order valence-corrected chi connectivity index (χ1v) is 10.6. The summed E-state index contributed by atoms with van der Waals surface area (Å²) in [5.74, 6) is 0.130. The molecule has 1 saturated carbocycles. The summed E-state index contributed by atoms with van der Waals surface area (Å²) in [5.41, 5.74) is 4.00. The minimum atomic E-state index is -0.0465. The lowest BCUT2D eigenvalue weighted by molar-refractivity contribution is 0.0706. The predicted molar refractivity (Wildman–Crippen MR) is 112 cm³/mol. The van der Waals surface area contributed by atoms with Gasteiger partial charge in [0.05, 0.1) is 17.0 Å². The highest BCUT2D eigenvalue weighted by atomic mass is 16.2. The van der Waals surface area contributed by atoms with E-state index < -0.39 is 0 Å². The Balaban J connectivity index is 1.74. The molecule has 0 N–H and O–H groups in total. The SMILES string of the molecule is CCc1c(C(=O)N2CC3(C)CC2CC(C)(C)C3)cnc2cc(C(C)(C)C)nn12. The molecule has 2 aliphatic rings. The second-order valence-electron chi connectivity index (χ2n) is 11.2. The number of aromatic nitrogens is 3. The Labute approximate surface area is 168 Å². The zero-order valence-corrected chi connectivity index (χ0v) is 18.5. The lowest BCUT2D eigenvalue weighted by Crippen LogP contribution is -2.38. The normalized spacial score (nSPS) is 26.8. The van der Waals surface area contributed by atoms with Gasteiger partial charge < -0.3 is 4.90 Å². The molecular formula is C23H34N4O. The Morgan fingerprint density at radius 3 is 2.61 bits per heavy atom. The van der Waals surface area contributed by atoms with Crippen molar-refractivity contribution in [3.8, 4) is 0 Å². The van der Waals surface area contributed by atoms with Gasteiger partial charge in [0.25, 0.3) is 5.91 Å².